The van der Waals surface area contributed by atoms with Crippen molar-refractivity contribution in [1.82, 2.24) is 5.32 Å². The average molecular weight is 199 g/mol. The van der Waals surface area contributed by atoms with Gasteiger partial charge >= 0.3 is 5.97 Å². The molecule has 0 aromatic heterocycles. The molecule has 0 heterocycles. The molecule has 0 radical (unpaired) electrons. The first-order valence-electron chi connectivity index (χ1n) is 5.08. The van der Waals surface area contributed by atoms with Gasteiger partial charge in [0.2, 0.25) is 0 Å². The third-order valence-corrected chi connectivity index (χ3v) is 2.41. The molecule has 3 heteroatoms. The van der Waals surface area contributed by atoms with Crippen LogP contribution in [0.4, 0.5) is 0 Å². The van der Waals surface area contributed by atoms with Gasteiger partial charge in [0.05, 0.1) is 0 Å². The summed E-state index contributed by atoms with van der Waals surface area (Å²) in [7, 11) is 0. The number of carboxylic acid groups (broad SMARTS) is 1. The monoisotopic (exact) mass is 199 g/mol. The summed E-state index contributed by atoms with van der Waals surface area (Å²) in [6.07, 6.45) is 2.62. The van der Waals surface area contributed by atoms with E-state index in [1.807, 2.05) is 0 Å². The smallest absolute Gasteiger partial charge is 0.329 e. The molecule has 0 aromatic carbocycles. The van der Waals surface area contributed by atoms with Gasteiger partial charge in [0.1, 0.15) is 0 Å². The lowest BCUT2D eigenvalue weighted by atomic mass is 9.85. The number of hydrogen-bond acceptors (Lipinski definition) is 2. The minimum atomic E-state index is -0.914. The summed E-state index contributed by atoms with van der Waals surface area (Å²) in [6, 6.07) is 0. The van der Waals surface area contributed by atoms with E-state index >= 15 is 0 Å². The maximum absolute atomic E-state index is 10.2. The van der Waals surface area contributed by atoms with Crippen LogP contribution in [-0.2, 0) is 4.79 Å². The highest BCUT2D eigenvalue weighted by Crippen LogP contribution is 2.19. The molecule has 0 aliphatic heterocycles. The molecule has 0 fully saturated rings. The van der Waals surface area contributed by atoms with Crippen LogP contribution < -0.4 is 5.32 Å². The Balaban J connectivity index is 3.89. The Morgan fingerprint density at radius 1 is 1.29 bits per heavy atom. The van der Waals surface area contributed by atoms with Gasteiger partial charge in [0, 0.05) is 18.8 Å². The van der Waals surface area contributed by atoms with E-state index in [0.29, 0.717) is 17.8 Å². The highest BCUT2D eigenvalue weighted by molar-refractivity contribution is 5.79. The Bertz CT molecular complexity index is 189. The second-order valence-corrected chi connectivity index (χ2v) is 4.23. The lowest BCUT2D eigenvalue weighted by Crippen LogP contribution is -2.27. The molecule has 2 N–H and O–H groups in total. The van der Waals surface area contributed by atoms with E-state index in [1.165, 1.54) is 6.20 Å². The minimum Gasteiger partial charge on any atom is -0.478 e. The first-order valence-corrected chi connectivity index (χ1v) is 5.08. The molecule has 14 heavy (non-hydrogen) atoms. The highest BCUT2D eigenvalue weighted by Gasteiger charge is 2.15. The SMILES string of the molecule is CC(C)C(CN/C=C/C(=O)O)C(C)C. The molecule has 0 aromatic rings. The summed E-state index contributed by atoms with van der Waals surface area (Å²) in [5, 5.41) is 11.4. The number of carbonyl (C=O) groups is 1. The van der Waals surface area contributed by atoms with Gasteiger partial charge in [-0.15, -0.1) is 0 Å². The van der Waals surface area contributed by atoms with Crippen molar-refractivity contribution in [1.29, 1.82) is 0 Å². The van der Waals surface area contributed by atoms with Crippen LogP contribution >= 0.6 is 0 Å². The van der Waals surface area contributed by atoms with Crippen molar-refractivity contribution in [2.75, 3.05) is 6.54 Å². The summed E-state index contributed by atoms with van der Waals surface area (Å²) >= 11 is 0. The number of rotatable bonds is 6. The molecule has 0 aliphatic rings. The standard InChI is InChI=1S/C11H21NO2/c1-8(2)10(9(3)4)7-12-6-5-11(13)14/h5-6,8-10,12H,7H2,1-4H3,(H,13,14)/b6-5+. The van der Waals surface area contributed by atoms with E-state index in [-0.39, 0.29) is 0 Å². The van der Waals surface area contributed by atoms with Crippen LogP contribution in [0.15, 0.2) is 12.3 Å². The molecule has 0 amide bonds. The normalized spacial score (nSPS) is 11.9. The highest BCUT2D eigenvalue weighted by atomic mass is 16.4. The fourth-order valence-corrected chi connectivity index (χ4v) is 1.58. The molecule has 0 aliphatic carbocycles. The van der Waals surface area contributed by atoms with Crippen LogP contribution in [-0.4, -0.2) is 17.6 Å². The van der Waals surface area contributed by atoms with E-state index in [9.17, 15) is 4.79 Å². The second-order valence-electron chi connectivity index (χ2n) is 4.23. The van der Waals surface area contributed by atoms with E-state index in [1.54, 1.807) is 0 Å². The molecule has 0 saturated carbocycles. The summed E-state index contributed by atoms with van der Waals surface area (Å²) in [5.41, 5.74) is 0. The molecular formula is C11H21NO2. The Kier molecular flexibility index (Phi) is 6.00. The summed E-state index contributed by atoms with van der Waals surface area (Å²) in [5.74, 6) is 0.887. The van der Waals surface area contributed by atoms with Crippen LogP contribution in [0.3, 0.4) is 0 Å². The maximum Gasteiger partial charge on any atom is 0.329 e. The van der Waals surface area contributed by atoms with Gasteiger partial charge in [-0.25, -0.2) is 4.79 Å². The molecule has 0 saturated heterocycles. The quantitative estimate of drug-likeness (QED) is 0.644. The lowest BCUT2D eigenvalue weighted by Gasteiger charge is -2.24. The fraction of sp³-hybridized carbons (Fsp3) is 0.727. The number of aliphatic carboxylic acids is 1. The van der Waals surface area contributed by atoms with Crippen molar-refractivity contribution < 1.29 is 9.90 Å². The number of nitrogens with one attached hydrogen (secondary N) is 1. The Morgan fingerprint density at radius 3 is 2.14 bits per heavy atom. The zero-order chi connectivity index (χ0) is 11.1. The average Bonchev–Trinajstić information content (AvgIpc) is 2.01. The van der Waals surface area contributed by atoms with Crippen molar-refractivity contribution in [2.45, 2.75) is 27.7 Å². The van der Waals surface area contributed by atoms with Gasteiger partial charge in [-0.2, -0.15) is 0 Å². The van der Waals surface area contributed by atoms with Crippen molar-refractivity contribution in [3.63, 3.8) is 0 Å². The first kappa shape index (κ1) is 13.0. The summed E-state index contributed by atoms with van der Waals surface area (Å²) < 4.78 is 0. The molecule has 0 spiro atoms. The van der Waals surface area contributed by atoms with E-state index < -0.39 is 5.97 Å². The first-order chi connectivity index (χ1) is 6.45. The Labute approximate surface area is 86.2 Å². The summed E-state index contributed by atoms with van der Waals surface area (Å²) in [6.45, 7) is 9.58. The van der Waals surface area contributed by atoms with Crippen molar-refractivity contribution in [3.05, 3.63) is 12.3 Å². The van der Waals surface area contributed by atoms with Crippen LogP contribution in [0.1, 0.15) is 27.7 Å². The number of hydrogen-bond donors (Lipinski definition) is 2. The van der Waals surface area contributed by atoms with Crippen molar-refractivity contribution in [3.8, 4) is 0 Å². The maximum atomic E-state index is 10.2. The Morgan fingerprint density at radius 2 is 1.79 bits per heavy atom. The largest absolute Gasteiger partial charge is 0.478 e. The molecule has 0 unspecified atom stereocenters. The van der Waals surface area contributed by atoms with Gasteiger partial charge in [-0.3, -0.25) is 0 Å². The van der Waals surface area contributed by atoms with E-state index in [4.69, 9.17) is 5.11 Å². The van der Waals surface area contributed by atoms with Crippen LogP contribution in [0.5, 0.6) is 0 Å². The predicted octanol–water partition coefficient (Wildman–Crippen LogP) is 2.10. The lowest BCUT2D eigenvalue weighted by molar-refractivity contribution is -0.131. The topological polar surface area (TPSA) is 49.3 Å². The third kappa shape index (κ3) is 5.62. The fourth-order valence-electron chi connectivity index (χ4n) is 1.58. The molecule has 0 atom stereocenters. The minimum absolute atomic E-state index is 0.577. The molecular weight excluding hydrogens is 178 g/mol. The molecule has 3 nitrogen and oxygen atoms in total. The van der Waals surface area contributed by atoms with Crippen molar-refractivity contribution >= 4 is 5.97 Å². The zero-order valence-corrected chi connectivity index (χ0v) is 9.45. The van der Waals surface area contributed by atoms with Crippen LogP contribution in [0.25, 0.3) is 0 Å². The predicted molar refractivity (Wildman–Crippen MR) is 57.9 cm³/mol. The van der Waals surface area contributed by atoms with Gasteiger partial charge in [0.15, 0.2) is 0 Å². The zero-order valence-electron chi connectivity index (χ0n) is 9.45. The van der Waals surface area contributed by atoms with Gasteiger partial charge in [0.25, 0.3) is 0 Å². The van der Waals surface area contributed by atoms with E-state index in [2.05, 4.69) is 33.0 Å². The molecule has 0 rings (SSSR count). The third-order valence-electron chi connectivity index (χ3n) is 2.41. The van der Waals surface area contributed by atoms with Crippen LogP contribution in [0, 0.1) is 17.8 Å². The second kappa shape index (κ2) is 6.46. The van der Waals surface area contributed by atoms with Gasteiger partial charge in [-0.1, -0.05) is 27.7 Å². The van der Waals surface area contributed by atoms with Crippen LogP contribution in [0.2, 0.25) is 0 Å². The van der Waals surface area contributed by atoms with Gasteiger partial charge in [-0.05, 0) is 17.8 Å². The molecule has 0 bridgehead atoms. The number of carboxylic acids is 1. The van der Waals surface area contributed by atoms with E-state index in [0.717, 1.165) is 12.6 Å². The van der Waals surface area contributed by atoms with Crippen molar-refractivity contribution in [2.24, 2.45) is 17.8 Å². The Hall–Kier alpha value is -0.990. The molecule has 82 valence electrons. The summed E-state index contributed by atoms with van der Waals surface area (Å²) in [4.78, 5) is 10.2. The van der Waals surface area contributed by atoms with Gasteiger partial charge < -0.3 is 10.4 Å².